The third-order valence-corrected chi connectivity index (χ3v) is 4.10. The highest BCUT2D eigenvalue weighted by Gasteiger charge is 2.13. The number of rotatable bonds is 6. The van der Waals surface area contributed by atoms with E-state index in [0.29, 0.717) is 13.2 Å². The van der Waals surface area contributed by atoms with Gasteiger partial charge in [0.2, 0.25) is 0 Å². The SMILES string of the molecule is Cc1cc2nc(COc3ccccc3)n(CCC(=O)O)c2cc1C. The standard InChI is InChI=1S/C19H20N2O3/c1-13-10-16-17(11-14(13)2)21(9-8-19(22)23)18(20-16)12-24-15-6-4-3-5-7-15/h3-7,10-11H,8-9,12H2,1-2H3,(H,22,23). The van der Waals surface area contributed by atoms with Gasteiger partial charge in [0.05, 0.1) is 17.5 Å². The summed E-state index contributed by atoms with van der Waals surface area (Å²) in [5, 5.41) is 9.02. The number of hydrogen-bond acceptors (Lipinski definition) is 3. The second kappa shape index (κ2) is 6.74. The summed E-state index contributed by atoms with van der Waals surface area (Å²) in [6.07, 6.45) is 0.0523. The Morgan fingerprint density at radius 2 is 1.88 bits per heavy atom. The number of aryl methyl sites for hydroxylation is 3. The minimum absolute atomic E-state index is 0.0523. The largest absolute Gasteiger partial charge is 0.486 e. The Hall–Kier alpha value is -2.82. The number of fused-ring (bicyclic) bond motifs is 1. The summed E-state index contributed by atoms with van der Waals surface area (Å²) in [5.74, 6) is 0.678. The lowest BCUT2D eigenvalue weighted by Crippen LogP contribution is -2.10. The summed E-state index contributed by atoms with van der Waals surface area (Å²) in [7, 11) is 0. The molecule has 0 amide bonds. The Bertz CT molecular complexity index is 869. The van der Waals surface area contributed by atoms with E-state index < -0.39 is 5.97 Å². The molecule has 0 fully saturated rings. The van der Waals surface area contributed by atoms with Crippen LogP contribution in [0.5, 0.6) is 5.75 Å². The van der Waals surface area contributed by atoms with Crippen LogP contribution in [-0.2, 0) is 17.9 Å². The van der Waals surface area contributed by atoms with E-state index in [1.807, 2.05) is 54.8 Å². The molecule has 1 aromatic heterocycles. The van der Waals surface area contributed by atoms with Crippen LogP contribution >= 0.6 is 0 Å². The van der Waals surface area contributed by atoms with Gasteiger partial charge >= 0.3 is 5.97 Å². The lowest BCUT2D eigenvalue weighted by molar-refractivity contribution is -0.137. The summed E-state index contributed by atoms with van der Waals surface area (Å²) >= 11 is 0. The number of benzene rings is 2. The molecule has 2 aromatic carbocycles. The van der Waals surface area contributed by atoms with Crippen LogP contribution in [0.4, 0.5) is 0 Å². The maximum Gasteiger partial charge on any atom is 0.305 e. The summed E-state index contributed by atoms with van der Waals surface area (Å²) in [6.45, 7) is 4.77. The van der Waals surface area contributed by atoms with E-state index >= 15 is 0 Å². The van der Waals surface area contributed by atoms with Crippen LogP contribution in [0.15, 0.2) is 42.5 Å². The first-order valence-electron chi connectivity index (χ1n) is 7.90. The second-order valence-corrected chi connectivity index (χ2v) is 5.85. The zero-order chi connectivity index (χ0) is 17.1. The molecule has 0 unspecified atom stereocenters. The highest BCUT2D eigenvalue weighted by atomic mass is 16.5. The van der Waals surface area contributed by atoms with Gasteiger partial charge in [-0.05, 0) is 49.2 Å². The number of carbonyl (C=O) groups is 1. The monoisotopic (exact) mass is 324 g/mol. The van der Waals surface area contributed by atoms with Crippen molar-refractivity contribution in [1.82, 2.24) is 9.55 Å². The first kappa shape index (κ1) is 16.1. The van der Waals surface area contributed by atoms with Crippen LogP contribution in [0, 0.1) is 13.8 Å². The lowest BCUT2D eigenvalue weighted by Gasteiger charge is -2.10. The van der Waals surface area contributed by atoms with Crippen LogP contribution in [0.25, 0.3) is 11.0 Å². The van der Waals surface area contributed by atoms with Crippen molar-refractivity contribution in [2.45, 2.75) is 33.4 Å². The fourth-order valence-electron chi connectivity index (χ4n) is 2.66. The fourth-order valence-corrected chi connectivity index (χ4v) is 2.66. The molecule has 5 nitrogen and oxygen atoms in total. The molecule has 0 radical (unpaired) electrons. The van der Waals surface area contributed by atoms with E-state index in [1.165, 1.54) is 5.56 Å². The summed E-state index contributed by atoms with van der Waals surface area (Å²) in [4.78, 5) is 15.6. The first-order chi connectivity index (χ1) is 11.5. The van der Waals surface area contributed by atoms with Crippen molar-refractivity contribution >= 4 is 17.0 Å². The predicted octanol–water partition coefficient (Wildman–Crippen LogP) is 3.71. The molecule has 5 heteroatoms. The van der Waals surface area contributed by atoms with E-state index in [9.17, 15) is 4.79 Å². The van der Waals surface area contributed by atoms with E-state index in [1.54, 1.807) is 0 Å². The van der Waals surface area contributed by atoms with Crippen LogP contribution in [0.3, 0.4) is 0 Å². The maximum atomic E-state index is 11.0. The third kappa shape index (κ3) is 3.40. The highest BCUT2D eigenvalue weighted by molar-refractivity contribution is 5.78. The number of carboxylic acid groups (broad SMARTS) is 1. The molecule has 0 aliphatic rings. The Morgan fingerprint density at radius 3 is 2.58 bits per heavy atom. The normalized spacial score (nSPS) is 10.9. The quantitative estimate of drug-likeness (QED) is 0.751. The Kier molecular flexibility index (Phi) is 4.51. The number of aromatic nitrogens is 2. The molecule has 0 atom stereocenters. The number of hydrogen-bond donors (Lipinski definition) is 1. The van der Waals surface area contributed by atoms with E-state index in [4.69, 9.17) is 9.84 Å². The van der Waals surface area contributed by atoms with E-state index in [0.717, 1.165) is 28.2 Å². The first-order valence-corrected chi connectivity index (χ1v) is 7.90. The molecular weight excluding hydrogens is 304 g/mol. The van der Waals surface area contributed by atoms with Gasteiger partial charge in [0.15, 0.2) is 0 Å². The lowest BCUT2D eigenvalue weighted by atomic mass is 10.1. The number of nitrogens with zero attached hydrogens (tertiary/aromatic N) is 2. The molecule has 24 heavy (non-hydrogen) atoms. The number of carboxylic acids is 1. The van der Waals surface area contributed by atoms with Crippen molar-refractivity contribution in [2.24, 2.45) is 0 Å². The van der Waals surface area contributed by atoms with Gasteiger partial charge in [0.25, 0.3) is 0 Å². The van der Waals surface area contributed by atoms with Gasteiger partial charge in [0.1, 0.15) is 18.2 Å². The average molecular weight is 324 g/mol. The molecule has 1 N–H and O–H groups in total. The molecule has 124 valence electrons. The van der Waals surface area contributed by atoms with Gasteiger partial charge < -0.3 is 14.4 Å². The zero-order valence-electron chi connectivity index (χ0n) is 13.8. The maximum absolute atomic E-state index is 11.0. The van der Waals surface area contributed by atoms with Crippen molar-refractivity contribution in [2.75, 3.05) is 0 Å². The summed E-state index contributed by atoms with van der Waals surface area (Å²) in [5.41, 5.74) is 4.15. The van der Waals surface area contributed by atoms with Crippen LogP contribution in [-0.4, -0.2) is 20.6 Å². The number of para-hydroxylation sites is 1. The van der Waals surface area contributed by atoms with Gasteiger partial charge in [-0.25, -0.2) is 4.98 Å². The van der Waals surface area contributed by atoms with Crippen molar-refractivity contribution in [3.63, 3.8) is 0 Å². The Balaban J connectivity index is 1.95. The molecule has 0 saturated heterocycles. The van der Waals surface area contributed by atoms with Crippen molar-refractivity contribution < 1.29 is 14.6 Å². The van der Waals surface area contributed by atoms with Gasteiger partial charge in [-0.2, -0.15) is 0 Å². The second-order valence-electron chi connectivity index (χ2n) is 5.85. The smallest absolute Gasteiger partial charge is 0.305 e. The van der Waals surface area contributed by atoms with Crippen molar-refractivity contribution in [3.8, 4) is 5.75 Å². The van der Waals surface area contributed by atoms with Gasteiger partial charge in [-0.3, -0.25) is 4.79 Å². The third-order valence-electron chi connectivity index (χ3n) is 4.10. The summed E-state index contributed by atoms with van der Waals surface area (Å²) in [6, 6.07) is 13.6. The molecule has 0 saturated carbocycles. The fraction of sp³-hybridized carbons (Fsp3) is 0.263. The van der Waals surface area contributed by atoms with E-state index in [-0.39, 0.29) is 6.42 Å². The highest BCUT2D eigenvalue weighted by Crippen LogP contribution is 2.22. The van der Waals surface area contributed by atoms with Crippen LogP contribution < -0.4 is 4.74 Å². The number of aliphatic carboxylic acids is 1. The van der Waals surface area contributed by atoms with Crippen molar-refractivity contribution in [3.05, 3.63) is 59.4 Å². The van der Waals surface area contributed by atoms with E-state index in [2.05, 4.69) is 11.1 Å². The molecule has 0 aliphatic heterocycles. The molecule has 3 rings (SSSR count). The topological polar surface area (TPSA) is 64.4 Å². The molecule has 3 aromatic rings. The van der Waals surface area contributed by atoms with Gasteiger partial charge in [-0.1, -0.05) is 18.2 Å². The average Bonchev–Trinajstić information content (AvgIpc) is 2.89. The Labute approximate surface area is 140 Å². The van der Waals surface area contributed by atoms with Gasteiger partial charge in [-0.15, -0.1) is 0 Å². The van der Waals surface area contributed by atoms with Crippen LogP contribution in [0.1, 0.15) is 23.4 Å². The number of ether oxygens (including phenoxy) is 1. The molecule has 0 aliphatic carbocycles. The summed E-state index contributed by atoms with van der Waals surface area (Å²) < 4.78 is 7.74. The van der Waals surface area contributed by atoms with Crippen molar-refractivity contribution in [1.29, 1.82) is 0 Å². The molecule has 1 heterocycles. The zero-order valence-corrected chi connectivity index (χ0v) is 13.8. The molecular formula is C19H20N2O3. The Morgan fingerprint density at radius 1 is 1.17 bits per heavy atom. The van der Waals surface area contributed by atoms with Crippen LogP contribution in [0.2, 0.25) is 0 Å². The number of imidazole rings is 1. The molecule has 0 spiro atoms. The predicted molar refractivity (Wildman–Crippen MR) is 92.2 cm³/mol. The van der Waals surface area contributed by atoms with Gasteiger partial charge in [0, 0.05) is 6.54 Å². The minimum Gasteiger partial charge on any atom is -0.486 e. The molecule has 0 bridgehead atoms. The minimum atomic E-state index is -0.824.